The number of ether oxygens (including phenoxy) is 1. The van der Waals surface area contributed by atoms with Crippen LogP contribution in [-0.4, -0.2) is 48.8 Å². The second kappa shape index (κ2) is 5.97. The van der Waals surface area contributed by atoms with E-state index in [0.29, 0.717) is 13.0 Å². The molecule has 0 aliphatic carbocycles. The van der Waals surface area contributed by atoms with Crippen LogP contribution in [0, 0.1) is 5.92 Å². The summed E-state index contributed by atoms with van der Waals surface area (Å²) in [5.41, 5.74) is 0. The van der Waals surface area contributed by atoms with Crippen molar-refractivity contribution in [1.29, 1.82) is 0 Å². The Morgan fingerprint density at radius 2 is 2.12 bits per heavy atom. The molecule has 1 heterocycles. The monoisotopic (exact) mass is 244 g/mol. The summed E-state index contributed by atoms with van der Waals surface area (Å²) in [7, 11) is 1.69. The summed E-state index contributed by atoms with van der Waals surface area (Å²) in [6, 6.07) is -1.19. The molecule has 1 fully saturated rings. The molecule has 98 valence electrons. The number of likely N-dealkylation sites (N-methyl/N-ethyl adjacent to an activating group) is 1. The molecule has 1 saturated heterocycles. The first kappa shape index (κ1) is 13.9. The quantitative estimate of drug-likeness (QED) is 0.570. The maximum atomic E-state index is 11.8. The molecule has 0 spiro atoms. The smallest absolute Gasteiger partial charge is 0.324 e. The fraction of sp³-hybridized carbons (Fsp3) is 0.818. The Labute approximate surface area is 101 Å². The largest absolute Gasteiger partial charge is 0.480 e. The lowest BCUT2D eigenvalue weighted by Crippen LogP contribution is -2.45. The molecule has 0 aromatic rings. The van der Waals surface area contributed by atoms with Crippen molar-refractivity contribution in [3.05, 3.63) is 0 Å². The van der Waals surface area contributed by atoms with Crippen molar-refractivity contribution in [3.8, 4) is 0 Å². The number of aliphatic carboxylic acids is 1. The predicted octanol–water partition coefficient (Wildman–Crippen LogP) is -0.411. The Morgan fingerprint density at radius 3 is 2.59 bits per heavy atom. The first-order chi connectivity index (χ1) is 7.97. The standard InChI is InChI=1S/C11H20N2O4/c1-6(2)8(12-3)11(16)17-7-4-5-13-9(7)10(14)15/h6-9,12-13H,4-5H2,1-3H3,(H,14,15)/t7?,8-,9-/m0/s1. The van der Waals surface area contributed by atoms with Crippen LogP contribution in [0.1, 0.15) is 20.3 Å². The third kappa shape index (κ3) is 3.41. The molecule has 0 bridgehead atoms. The van der Waals surface area contributed by atoms with Crippen LogP contribution in [0.4, 0.5) is 0 Å². The van der Waals surface area contributed by atoms with Crippen LogP contribution in [0.2, 0.25) is 0 Å². The number of esters is 1. The molecular formula is C11H20N2O4. The van der Waals surface area contributed by atoms with Crippen molar-refractivity contribution in [3.63, 3.8) is 0 Å². The van der Waals surface area contributed by atoms with E-state index < -0.39 is 24.2 Å². The zero-order chi connectivity index (χ0) is 13.0. The third-order valence-electron chi connectivity index (χ3n) is 2.93. The first-order valence-corrected chi connectivity index (χ1v) is 5.81. The van der Waals surface area contributed by atoms with Crippen molar-refractivity contribution in [1.82, 2.24) is 10.6 Å². The Bertz CT molecular complexity index is 293. The molecule has 1 rings (SSSR count). The van der Waals surface area contributed by atoms with E-state index in [9.17, 15) is 9.59 Å². The molecule has 0 saturated carbocycles. The number of carbonyl (C=O) groups is 2. The van der Waals surface area contributed by atoms with Crippen LogP contribution in [0.3, 0.4) is 0 Å². The highest BCUT2D eigenvalue weighted by Gasteiger charge is 2.37. The van der Waals surface area contributed by atoms with Gasteiger partial charge in [-0.15, -0.1) is 0 Å². The second-order valence-corrected chi connectivity index (χ2v) is 4.54. The van der Waals surface area contributed by atoms with E-state index >= 15 is 0 Å². The van der Waals surface area contributed by atoms with Crippen molar-refractivity contribution in [2.45, 2.75) is 38.5 Å². The van der Waals surface area contributed by atoms with Crippen LogP contribution in [-0.2, 0) is 14.3 Å². The third-order valence-corrected chi connectivity index (χ3v) is 2.93. The van der Waals surface area contributed by atoms with Gasteiger partial charge in [0, 0.05) is 0 Å². The molecule has 17 heavy (non-hydrogen) atoms. The van der Waals surface area contributed by atoms with Crippen LogP contribution < -0.4 is 10.6 Å². The zero-order valence-electron chi connectivity index (χ0n) is 10.4. The van der Waals surface area contributed by atoms with Crippen LogP contribution in [0.15, 0.2) is 0 Å². The van der Waals surface area contributed by atoms with Gasteiger partial charge in [-0.05, 0) is 25.9 Å². The number of carboxylic acid groups (broad SMARTS) is 1. The topological polar surface area (TPSA) is 87.7 Å². The molecule has 1 aliphatic heterocycles. The lowest BCUT2D eigenvalue weighted by molar-refractivity contribution is -0.156. The maximum absolute atomic E-state index is 11.8. The fourth-order valence-electron chi connectivity index (χ4n) is 2.00. The van der Waals surface area contributed by atoms with E-state index in [-0.39, 0.29) is 11.9 Å². The highest BCUT2D eigenvalue weighted by atomic mass is 16.5. The number of rotatable bonds is 5. The van der Waals surface area contributed by atoms with Gasteiger partial charge >= 0.3 is 11.9 Å². The molecule has 3 atom stereocenters. The zero-order valence-corrected chi connectivity index (χ0v) is 10.4. The van der Waals surface area contributed by atoms with Crippen molar-refractivity contribution in [2.75, 3.05) is 13.6 Å². The fourth-order valence-corrected chi connectivity index (χ4v) is 2.00. The van der Waals surface area contributed by atoms with Gasteiger partial charge in [0.25, 0.3) is 0 Å². The first-order valence-electron chi connectivity index (χ1n) is 5.81. The average molecular weight is 244 g/mol. The lowest BCUT2D eigenvalue weighted by Gasteiger charge is -2.22. The molecule has 1 unspecified atom stereocenters. The summed E-state index contributed by atoms with van der Waals surface area (Å²) in [5.74, 6) is -1.27. The molecule has 6 nitrogen and oxygen atoms in total. The van der Waals surface area contributed by atoms with Gasteiger partial charge in [0.15, 0.2) is 0 Å². The van der Waals surface area contributed by atoms with E-state index in [1.165, 1.54) is 0 Å². The Balaban J connectivity index is 2.58. The molecule has 6 heteroatoms. The number of carboxylic acids is 1. The number of nitrogens with one attached hydrogen (secondary N) is 2. The minimum atomic E-state index is -0.981. The summed E-state index contributed by atoms with van der Waals surface area (Å²) in [5, 5.41) is 14.6. The Kier molecular flexibility index (Phi) is 4.89. The van der Waals surface area contributed by atoms with Crippen LogP contribution >= 0.6 is 0 Å². The van der Waals surface area contributed by atoms with Gasteiger partial charge in [0.05, 0.1) is 0 Å². The Hall–Kier alpha value is -1.14. The van der Waals surface area contributed by atoms with Gasteiger partial charge in [0.2, 0.25) is 0 Å². The summed E-state index contributed by atoms with van der Waals surface area (Å²) in [4.78, 5) is 22.7. The average Bonchev–Trinajstić information content (AvgIpc) is 2.66. The summed E-state index contributed by atoms with van der Waals surface area (Å²) < 4.78 is 5.25. The van der Waals surface area contributed by atoms with Gasteiger partial charge in [-0.2, -0.15) is 0 Å². The minimum absolute atomic E-state index is 0.102. The molecule has 0 aromatic heterocycles. The summed E-state index contributed by atoms with van der Waals surface area (Å²) in [6.07, 6.45) is -0.0355. The molecule has 1 aliphatic rings. The van der Waals surface area contributed by atoms with Crippen molar-refractivity contribution >= 4 is 11.9 Å². The maximum Gasteiger partial charge on any atom is 0.324 e. The number of carbonyl (C=O) groups excluding carboxylic acids is 1. The second-order valence-electron chi connectivity index (χ2n) is 4.54. The van der Waals surface area contributed by atoms with Gasteiger partial charge < -0.3 is 20.5 Å². The molecular weight excluding hydrogens is 224 g/mol. The van der Waals surface area contributed by atoms with Gasteiger partial charge in [-0.3, -0.25) is 9.59 Å². The van der Waals surface area contributed by atoms with Crippen molar-refractivity contribution < 1.29 is 19.4 Å². The molecule has 0 radical (unpaired) electrons. The SMILES string of the molecule is CN[C@H](C(=O)OC1CCN[C@@H]1C(=O)O)C(C)C. The van der Waals surface area contributed by atoms with E-state index in [1.807, 2.05) is 13.8 Å². The summed E-state index contributed by atoms with van der Waals surface area (Å²) >= 11 is 0. The minimum Gasteiger partial charge on any atom is -0.480 e. The van der Waals surface area contributed by atoms with Gasteiger partial charge in [-0.25, -0.2) is 0 Å². The number of hydrogen-bond acceptors (Lipinski definition) is 5. The van der Waals surface area contributed by atoms with E-state index in [0.717, 1.165) is 0 Å². The number of hydrogen-bond donors (Lipinski definition) is 3. The molecule has 0 aromatic carbocycles. The molecule has 0 amide bonds. The van der Waals surface area contributed by atoms with Crippen molar-refractivity contribution in [2.24, 2.45) is 5.92 Å². The van der Waals surface area contributed by atoms with Gasteiger partial charge in [-0.1, -0.05) is 13.8 Å². The highest BCUT2D eigenvalue weighted by Crippen LogP contribution is 2.14. The van der Waals surface area contributed by atoms with Crippen LogP contribution in [0.25, 0.3) is 0 Å². The lowest BCUT2D eigenvalue weighted by atomic mass is 10.0. The summed E-state index contributed by atoms with van der Waals surface area (Å²) in [6.45, 7) is 4.37. The van der Waals surface area contributed by atoms with E-state index in [2.05, 4.69) is 10.6 Å². The van der Waals surface area contributed by atoms with Gasteiger partial charge in [0.1, 0.15) is 18.2 Å². The normalized spacial score (nSPS) is 25.9. The Morgan fingerprint density at radius 1 is 1.47 bits per heavy atom. The molecule has 3 N–H and O–H groups in total. The predicted molar refractivity (Wildman–Crippen MR) is 61.6 cm³/mol. The van der Waals surface area contributed by atoms with E-state index in [4.69, 9.17) is 9.84 Å². The highest BCUT2D eigenvalue weighted by molar-refractivity contribution is 5.78. The van der Waals surface area contributed by atoms with E-state index in [1.54, 1.807) is 7.05 Å². The van der Waals surface area contributed by atoms with Crippen LogP contribution in [0.5, 0.6) is 0 Å².